The summed E-state index contributed by atoms with van der Waals surface area (Å²) in [5.41, 5.74) is 5.48. The average molecular weight is 337 g/mol. The maximum atomic E-state index is 14.1. The fourth-order valence-electron chi connectivity index (χ4n) is 2.30. The summed E-state index contributed by atoms with van der Waals surface area (Å²) in [4.78, 5) is 35.3. The van der Waals surface area contributed by atoms with Crippen LogP contribution >= 0.6 is 0 Å². The maximum Gasteiger partial charge on any atom is 0.317 e. The smallest absolute Gasteiger partial charge is 0.317 e. The number of urea groups is 1. The number of hydrogen-bond donors (Lipinski definition) is 3. The molecular formula is C16H20FN3O4. The number of carboxylic acids is 1. The van der Waals surface area contributed by atoms with Crippen molar-refractivity contribution in [1.82, 2.24) is 10.2 Å². The van der Waals surface area contributed by atoms with Crippen LogP contribution in [0.25, 0.3) is 0 Å². The average Bonchev–Trinajstić information content (AvgIpc) is 3.34. The molecule has 0 heterocycles. The van der Waals surface area contributed by atoms with Crippen LogP contribution in [0.3, 0.4) is 0 Å². The van der Waals surface area contributed by atoms with Gasteiger partial charge >= 0.3 is 12.0 Å². The second-order valence-electron chi connectivity index (χ2n) is 5.76. The second-order valence-corrected chi connectivity index (χ2v) is 5.76. The van der Waals surface area contributed by atoms with Crippen molar-refractivity contribution in [1.29, 1.82) is 0 Å². The van der Waals surface area contributed by atoms with E-state index in [1.807, 2.05) is 0 Å². The maximum absolute atomic E-state index is 14.1. The minimum absolute atomic E-state index is 0.0209. The summed E-state index contributed by atoms with van der Waals surface area (Å²) in [7, 11) is 0. The molecule has 1 aliphatic carbocycles. The molecule has 2 rings (SSSR count). The van der Waals surface area contributed by atoms with Crippen LogP contribution in [-0.2, 0) is 11.3 Å². The molecule has 1 fully saturated rings. The van der Waals surface area contributed by atoms with Crippen molar-refractivity contribution in [2.24, 2.45) is 5.73 Å². The summed E-state index contributed by atoms with van der Waals surface area (Å²) >= 11 is 0. The van der Waals surface area contributed by atoms with Gasteiger partial charge in [-0.3, -0.25) is 9.59 Å². The molecule has 0 saturated heterocycles. The molecular weight excluding hydrogens is 317 g/mol. The molecule has 1 aromatic carbocycles. The molecule has 0 spiro atoms. The van der Waals surface area contributed by atoms with Crippen molar-refractivity contribution in [2.45, 2.75) is 38.3 Å². The van der Waals surface area contributed by atoms with Gasteiger partial charge in [-0.2, -0.15) is 0 Å². The number of carbonyl (C=O) groups excluding carboxylic acids is 2. The molecule has 0 atom stereocenters. The van der Waals surface area contributed by atoms with Crippen molar-refractivity contribution < 1.29 is 23.9 Å². The van der Waals surface area contributed by atoms with E-state index in [2.05, 4.69) is 5.32 Å². The van der Waals surface area contributed by atoms with E-state index in [4.69, 9.17) is 10.8 Å². The van der Waals surface area contributed by atoms with Crippen LogP contribution in [0.1, 0.15) is 41.6 Å². The van der Waals surface area contributed by atoms with E-state index in [1.165, 1.54) is 17.0 Å². The molecule has 1 saturated carbocycles. The summed E-state index contributed by atoms with van der Waals surface area (Å²) in [6, 6.07) is 3.65. The number of carboxylic acid groups (broad SMARTS) is 1. The molecule has 0 aromatic heterocycles. The molecule has 24 heavy (non-hydrogen) atoms. The van der Waals surface area contributed by atoms with Gasteiger partial charge in [0.25, 0.3) is 0 Å². The lowest BCUT2D eigenvalue weighted by Crippen LogP contribution is -2.41. The van der Waals surface area contributed by atoms with Gasteiger partial charge < -0.3 is 21.1 Å². The minimum atomic E-state index is -0.917. The van der Waals surface area contributed by atoms with Crippen molar-refractivity contribution >= 4 is 17.9 Å². The number of carbonyl (C=O) groups is 3. The first-order chi connectivity index (χ1) is 11.4. The van der Waals surface area contributed by atoms with Gasteiger partial charge in [-0.25, -0.2) is 9.18 Å². The molecule has 0 bridgehead atoms. The summed E-state index contributed by atoms with van der Waals surface area (Å²) in [5, 5.41) is 11.2. The molecule has 4 N–H and O–H groups in total. The van der Waals surface area contributed by atoms with Gasteiger partial charge in [0.2, 0.25) is 5.91 Å². The zero-order valence-corrected chi connectivity index (χ0v) is 13.1. The molecule has 1 aliphatic rings. The highest BCUT2D eigenvalue weighted by Crippen LogP contribution is 2.29. The van der Waals surface area contributed by atoms with E-state index >= 15 is 0 Å². The van der Waals surface area contributed by atoms with Gasteiger partial charge in [-0.1, -0.05) is 6.07 Å². The number of benzene rings is 1. The van der Waals surface area contributed by atoms with Crippen molar-refractivity contribution in [2.75, 3.05) is 6.54 Å². The molecule has 8 heteroatoms. The lowest BCUT2D eigenvalue weighted by Gasteiger charge is -2.23. The number of nitrogens with one attached hydrogen (secondary N) is 1. The summed E-state index contributed by atoms with van der Waals surface area (Å²) in [5.74, 6) is -2.22. The van der Waals surface area contributed by atoms with Gasteiger partial charge in [0.1, 0.15) is 5.82 Å². The number of halogens is 1. The van der Waals surface area contributed by atoms with E-state index in [1.54, 1.807) is 0 Å². The van der Waals surface area contributed by atoms with Gasteiger partial charge in [-0.15, -0.1) is 0 Å². The Morgan fingerprint density at radius 1 is 1.33 bits per heavy atom. The zero-order valence-electron chi connectivity index (χ0n) is 13.1. The van der Waals surface area contributed by atoms with Gasteiger partial charge in [0, 0.05) is 30.1 Å². The molecule has 0 unspecified atom stereocenters. The lowest BCUT2D eigenvalue weighted by atomic mass is 10.1. The highest BCUT2D eigenvalue weighted by Gasteiger charge is 2.33. The first-order valence-electron chi connectivity index (χ1n) is 7.73. The van der Waals surface area contributed by atoms with E-state index in [0.29, 0.717) is 12.0 Å². The SMILES string of the molecule is NC(=O)c1ccc(CN(C(=O)NCCCC(=O)O)C2CC2)c(F)c1. The fourth-order valence-corrected chi connectivity index (χ4v) is 2.30. The normalized spacial score (nSPS) is 13.4. The number of hydrogen-bond acceptors (Lipinski definition) is 3. The van der Waals surface area contributed by atoms with Crippen LogP contribution in [0.4, 0.5) is 9.18 Å². The Morgan fingerprint density at radius 3 is 2.58 bits per heavy atom. The Morgan fingerprint density at radius 2 is 2.04 bits per heavy atom. The highest BCUT2D eigenvalue weighted by molar-refractivity contribution is 5.92. The molecule has 0 radical (unpaired) electrons. The van der Waals surface area contributed by atoms with Crippen LogP contribution in [-0.4, -0.2) is 40.5 Å². The lowest BCUT2D eigenvalue weighted by molar-refractivity contribution is -0.137. The van der Waals surface area contributed by atoms with Crippen molar-refractivity contribution in [3.63, 3.8) is 0 Å². The second kappa shape index (κ2) is 7.76. The van der Waals surface area contributed by atoms with Crippen LogP contribution in [0.15, 0.2) is 18.2 Å². The van der Waals surface area contributed by atoms with E-state index in [0.717, 1.165) is 18.9 Å². The third-order valence-corrected chi connectivity index (χ3v) is 3.77. The number of primary amides is 1. The number of amides is 3. The third-order valence-electron chi connectivity index (χ3n) is 3.77. The molecule has 0 aliphatic heterocycles. The zero-order chi connectivity index (χ0) is 17.7. The predicted octanol–water partition coefficient (Wildman–Crippen LogP) is 1.46. The summed E-state index contributed by atoms with van der Waals surface area (Å²) in [6.07, 6.45) is 2.02. The third kappa shape index (κ3) is 4.94. The van der Waals surface area contributed by atoms with E-state index < -0.39 is 17.7 Å². The van der Waals surface area contributed by atoms with Gasteiger partial charge in [0.05, 0.1) is 6.54 Å². The Kier molecular flexibility index (Phi) is 5.73. The molecule has 7 nitrogen and oxygen atoms in total. The van der Waals surface area contributed by atoms with E-state index in [-0.39, 0.29) is 37.1 Å². The number of nitrogens with zero attached hydrogens (tertiary/aromatic N) is 1. The Hall–Kier alpha value is -2.64. The first-order valence-corrected chi connectivity index (χ1v) is 7.73. The molecule has 3 amide bonds. The Balaban J connectivity index is 1.97. The van der Waals surface area contributed by atoms with E-state index in [9.17, 15) is 18.8 Å². The summed E-state index contributed by atoms with van der Waals surface area (Å²) in [6.45, 7) is 0.331. The van der Waals surface area contributed by atoms with Crippen molar-refractivity contribution in [3.05, 3.63) is 35.1 Å². The topological polar surface area (TPSA) is 113 Å². The fraction of sp³-hybridized carbons (Fsp3) is 0.438. The largest absolute Gasteiger partial charge is 0.481 e. The highest BCUT2D eigenvalue weighted by atomic mass is 19.1. The van der Waals surface area contributed by atoms with Crippen LogP contribution in [0.5, 0.6) is 0 Å². The Bertz CT molecular complexity index is 646. The van der Waals surface area contributed by atoms with Crippen molar-refractivity contribution in [3.8, 4) is 0 Å². The summed E-state index contributed by atoms with van der Waals surface area (Å²) < 4.78 is 14.1. The minimum Gasteiger partial charge on any atom is -0.481 e. The Labute approximate surface area is 138 Å². The van der Waals surface area contributed by atoms with Gasteiger partial charge in [0.15, 0.2) is 0 Å². The van der Waals surface area contributed by atoms with Crippen LogP contribution in [0, 0.1) is 5.82 Å². The molecule has 1 aromatic rings. The number of rotatable bonds is 8. The number of aliphatic carboxylic acids is 1. The van der Waals surface area contributed by atoms with Crippen LogP contribution in [0.2, 0.25) is 0 Å². The standard InChI is InChI=1S/C16H20FN3O4/c17-13-8-10(15(18)23)3-4-11(13)9-20(12-5-6-12)16(24)19-7-1-2-14(21)22/h3-4,8,12H,1-2,5-7,9H2,(H2,18,23)(H,19,24)(H,21,22). The predicted molar refractivity (Wildman–Crippen MR) is 83.8 cm³/mol. The van der Waals surface area contributed by atoms with Gasteiger partial charge in [-0.05, 0) is 31.4 Å². The monoisotopic (exact) mass is 337 g/mol. The first kappa shape index (κ1) is 17.7. The molecule has 130 valence electrons. The number of nitrogens with two attached hydrogens (primary N) is 1. The quantitative estimate of drug-likeness (QED) is 0.623. The van der Waals surface area contributed by atoms with Crippen LogP contribution < -0.4 is 11.1 Å².